The van der Waals surface area contributed by atoms with Gasteiger partial charge in [0.2, 0.25) is 0 Å². The van der Waals surface area contributed by atoms with Gasteiger partial charge in [0.25, 0.3) is 0 Å². The summed E-state index contributed by atoms with van der Waals surface area (Å²) in [7, 11) is 0. The molecule has 0 atom stereocenters. The van der Waals surface area contributed by atoms with E-state index in [1.165, 1.54) is 53.9 Å². The standard InChI is InChI=1S/C40H22N4/c41-21-29-20-36(44-34-18-14-28-10-8-24-4-2-6-26-12-16-32(34)40(28)38(24)26)30(22-42)19-35(29)43-33-17-13-27-9-7-23-3-1-5-25-11-15-31(33)39(27)37(23)25/h1-20,43-44H. The summed E-state index contributed by atoms with van der Waals surface area (Å²) >= 11 is 0. The molecule has 0 spiro atoms. The fourth-order valence-corrected chi connectivity index (χ4v) is 6.97. The lowest BCUT2D eigenvalue weighted by atomic mass is 9.93. The molecular formula is C40H22N4. The first-order valence-corrected chi connectivity index (χ1v) is 14.6. The highest BCUT2D eigenvalue weighted by Crippen LogP contribution is 2.41. The molecule has 9 aromatic carbocycles. The van der Waals surface area contributed by atoms with Crippen molar-refractivity contribution in [3.8, 4) is 12.1 Å². The van der Waals surface area contributed by atoms with Crippen LogP contribution in [0.2, 0.25) is 0 Å². The van der Waals surface area contributed by atoms with Crippen LogP contribution >= 0.6 is 0 Å². The van der Waals surface area contributed by atoms with Crippen molar-refractivity contribution in [2.75, 3.05) is 10.6 Å². The molecule has 4 heteroatoms. The quantitative estimate of drug-likeness (QED) is 0.211. The van der Waals surface area contributed by atoms with Gasteiger partial charge in [-0.05, 0) is 78.1 Å². The summed E-state index contributed by atoms with van der Waals surface area (Å²) in [5.41, 5.74) is 3.89. The fourth-order valence-electron chi connectivity index (χ4n) is 6.97. The second-order valence-corrected chi connectivity index (χ2v) is 11.4. The molecule has 202 valence electrons. The Bertz CT molecular complexity index is 2470. The third-order valence-corrected chi connectivity index (χ3v) is 8.99. The summed E-state index contributed by atoms with van der Waals surface area (Å²) in [6.45, 7) is 0. The van der Waals surface area contributed by atoms with Crippen LogP contribution in [0.5, 0.6) is 0 Å². The van der Waals surface area contributed by atoms with Gasteiger partial charge in [-0.3, -0.25) is 0 Å². The Balaban J connectivity index is 1.16. The van der Waals surface area contributed by atoms with E-state index < -0.39 is 0 Å². The monoisotopic (exact) mass is 558 g/mol. The zero-order chi connectivity index (χ0) is 29.4. The molecule has 0 saturated carbocycles. The Labute approximate surface area is 252 Å². The van der Waals surface area contributed by atoms with Crippen molar-refractivity contribution in [2.24, 2.45) is 0 Å². The van der Waals surface area contributed by atoms with Gasteiger partial charge in [-0.2, -0.15) is 10.5 Å². The molecule has 0 bridgehead atoms. The highest BCUT2D eigenvalue weighted by molar-refractivity contribution is 6.26. The first-order chi connectivity index (χ1) is 21.7. The maximum Gasteiger partial charge on any atom is 0.101 e. The Morgan fingerprint density at radius 1 is 0.364 bits per heavy atom. The zero-order valence-electron chi connectivity index (χ0n) is 23.4. The molecule has 0 saturated heterocycles. The molecule has 0 aliphatic heterocycles. The molecule has 0 aliphatic rings. The van der Waals surface area contributed by atoms with E-state index in [4.69, 9.17) is 0 Å². The minimum atomic E-state index is 0.454. The largest absolute Gasteiger partial charge is 0.354 e. The van der Waals surface area contributed by atoms with Crippen molar-refractivity contribution >= 4 is 87.4 Å². The fraction of sp³-hybridized carbons (Fsp3) is 0. The molecule has 2 N–H and O–H groups in total. The minimum Gasteiger partial charge on any atom is -0.354 e. The van der Waals surface area contributed by atoms with E-state index in [9.17, 15) is 10.5 Å². The van der Waals surface area contributed by atoms with Gasteiger partial charge in [-0.25, -0.2) is 0 Å². The van der Waals surface area contributed by atoms with Crippen LogP contribution in [0.1, 0.15) is 11.1 Å². The lowest BCUT2D eigenvalue weighted by molar-refractivity contribution is 1.42. The molecule has 0 aliphatic carbocycles. The molecule has 9 rings (SSSR count). The molecular weight excluding hydrogens is 536 g/mol. The molecule has 4 nitrogen and oxygen atoms in total. The third kappa shape index (κ3) is 3.43. The summed E-state index contributed by atoms with van der Waals surface area (Å²) in [5.74, 6) is 0. The van der Waals surface area contributed by atoms with Gasteiger partial charge in [0.1, 0.15) is 12.1 Å². The van der Waals surface area contributed by atoms with Gasteiger partial charge >= 0.3 is 0 Å². The average Bonchev–Trinajstić information content (AvgIpc) is 3.07. The number of rotatable bonds is 4. The molecule has 44 heavy (non-hydrogen) atoms. The SMILES string of the molecule is N#Cc1cc(Nc2ccc3ccc4cccc5ccc2c3c45)c(C#N)cc1Nc1ccc2ccc3cccc4ccc1c2c34. The van der Waals surface area contributed by atoms with E-state index in [2.05, 4.69) is 120 Å². The van der Waals surface area contributed by atoms with Gasteiger partial charge in [0.15, 0.2) is 0 Å². The maximum atomic E-state index is 10.2. The molecule has 0 unspecified atom stereocenters. The summed E-state index contributed by atoms with van der Waals surface area (Å²) in [6.07, 6.45) is 0. The zero-order valence-corrected chi connectivity index (χ0v) is 23.4. The molecule has 0 fully saturated rings. The van der Waals surface area contributed by atoms with Crippen LogP contribution in [0.15, 0.2) is 121 Å². The van der Waals surface area contributed by atoms with Crippen LogP contribution in [0.4, 0.5) is 22.7 Å². The number of nitrogens with zero attached hydrogens (tertiary/aromatic N) is 2. The van der Waals surface area contributed by atoms with E-state index in [-0.39, 0.29) is 0 Å². The number of benzene rings is 9. The molecule has 0 radical (unpaired) electrons. The Morgan fingerprint density at radius 2 is 0.705 bits per heavy atom. The van der Waals surface area contributed by atoms with Gasteiger partial charge in [-0.1, -0.05) is 97.1 Å². The third-order valence-electron chi connectivity index (χ3n) is 8.99. The normalized spacial score (nSPS) is 11.6. The van der Waals surface area contributed by atoms with Crippen LogP contribution in [-0.4, -0.2) is 0 Å². The van der Waals surface area contributed by atoms with E-state index >= 15 is 0 Å². The second-order valence-electron chi connectivity index (χ2n) is 11.4. The Kier molecular flexibility index (Phi) is 5.00. The molecule has 9 aromatic rings. The van der Waals surface area contributed by atoms with Crippen molar-refractivity contribution in [1.82, 2.24) is 0 Å². The van der Waals surface area contributed by atoms with E-state index in [1.807, 2.05) is 12.1 Å². The Morgan fingerprint density at radius 3 is 1.09 bits per heavy atom. The predicted octanol–water partition coefficient (Wildman–Crippen LogP) is 10.7. The van der Waals surface area contributed by atoms with Crippen molar-refractivity contribution in [2.45, 2.75) is 0 Å². The second kappa shape index (κ2) is 9.07. The number of hydrogen-bond acceptors (Lipinski definition) is 4. The van der Waals surface area contributed by atoms with Gasteiger partial charge in [0.05, 0.1) is 22.5 Å². The smallest absolute Gasteiger partial charge is 0.101 e. The number of nitrogens with one attached hydrogen (secondary N) is 2. The topological polar surface area (TPSA) is 71.6 Å². The molecule has 0 amide bonds. The lowest BCUT2D eigenvalue weighted by Gasteiger charge is -2.18. The average molecular weight is 559 g/mol. The number of hydrogen-bond donors (Lipinski definition) is 2. The summed E-state index contributed by atoms with van der Waals surface area (Å²) in [5, 5.41) is 41.6. The highest BCUT2D eigenvalue weighted by Gasteiger charge is 2.16. The number of nitriles is 2. The van der Waals surface area contributed by atoms with Crippen molar-refractivity contribution < 1.29 is 0 Å². The maximum absolute atomic E-state index is 10.2. The van der Waals surface area contributed by atoms with Crippen LogP contribution in [0.25, 0.3) is 64.6 Å². The van der Waals surface area contributed by atoms with Crippen LogP contribution in [-0.2, 0) is 0 Å². The van der Waals surface area contributed by atoms with Gasteiger partial charge in [0, 0.05) is 22.1 Å². The van der Waals surface area contributed by atoms with Gasteiger partial charge < -0.3 is 10.6 Å². The van der Waals surface area contributed by atoms with E-state index in [1.54, 1.807) is 12.1 Å². The van der Waals surface area contributed by atoms with Crippen molar-refractivity contribution in [3.05, 3.63) is 132 Å². The first-order valence-electron chi connectivity index (χ1n) is 14.6. The molecule has 0 aromatic heterocycles. The van der Waals surface area contributed by atoms with Crippen LogP contribution < -0.4 is 10.6 Å². The summed E-state index contributed by atoms with van der Waals surface area (Å²) < 4.78 is 0. The Hall–Kier alpha value is -6.36. The van der Waals surface area contributed by atoms with Crippen molar-refractivity contribution in [3.63, 3.8) is 0 Å². The van der Waals surface area contributed by atoms with E-state index in [0.29, 0.717) is 22.5 Å². The first kappa shape index (κ1) is 24.3. The van der Waals surface area contributed by atoms with Crippen LogP contribution in [0, 0.1) is 22.7 Å². The predicted molar refractivity (Wildman–Crippen MR) is 183 cm³/mol. The van der Waals surface area contributed by atoms with E-state index in [0.717, 1.165) is 22.1 Å². The van der Waals surface area contributed by atoms with Crippen LogP contribution in [0.3, 0.4) is 0 Å². The minimum absolute atomic E-state index is 0.454. The molecule has 0 heterocycles. The highest BCUT2D eigenvalue weighted by atomic mass is 14.9. The number of anilines is 4. The summed E-state index contributed by atoms with van der Waals surface area (Å²) in [4.78, 5) is 0. The van der Waals surface area contributed by atoms with Crippen molar-refractivity contribution in [1.29, 1.82) is 10.5 Å². The summed E-state index contributed by atoms with van der Waals surface area (Å²) in [6, 6.07) is 46.5. The van der Waals surface area contributed by atoms with Gasteiger partial charge in [-0.15, -0.1) is 0 Å². The lowest BCUT2D eigenvalue weighted by Crippen LogP contribution is -2.01.